The van der Waals surface area contributed by atoms with Crippen LogP contribution in [0.5, 0.6) is 0 Å². The maximum atomic E-state index is 11.9. The SMILES string of the molecule is CC(C)(C)OC(=O)Nc1nc2ccc(B3OC(C)(C)C(C)(C)O3)nc2s1. The Balaban J connectivity index is 1.79. The Morgan fingerprint density at radius 1 is 1.15 bits per heavy atom. The molecular formula is C17H24BN3O4S. The number of fused-ring (bicyclic) bond motifs is 1. The molecule has 2 aromatic heterocycles. The van der Waals surface area contributed by atoms with Gasteiger partial charge in [0.05, 0.1) is 16.8 Å². The number of carbonyl (C=O) groups is 1. The van der Waals surface area contributed by atoms with E-state index >= 15 is 0 Å². The fourth-order valence-electron chi connectivity index (χ4n) is 2.37. The Bertz CT molecular complexity index is 828. The number of hydrogen-bond donors (Lipinski definition) is 1. The van der Waals surface area contributed by atoms with E-state index in [0.717, 1.165) is 0 Å². The molecule has 0 aromatic carbocycles. The minimum Gasteiger partial charge on any atom is -0.444 e. The first-order valence-corrected chi connectivity index (χ1v) is 9.31. The molecule has 0 saturated carbocycles. The topological polar surface area (TPSA) is 82.6 Å². The molecule has 1 fully saturated rings. The first-order valence-electron chi connectivity index (χ1n) is 8.49. The van der Waals surface area contributed by atoms with Gasteiger partial charge in [0.1, 0.15) is 15.9 Å². The van der Waals surface area contributed by atoms with Crippen LogP contribution in [0.3, 0.4) is 0 Å². The second-order valence-corrected chi connectivity index (χ2v) is 9.27. The molecule has 9 heteroatoms. The number of rotatable bonds is 2. The highest BCUT2D eigenvalue weighted by Gasteiger charge is 2.52. The molecule has 140 valence electrons. The van der Waals surface area contributed by atoms with Crippen LogP contribution in [-0.4, -0.2) is 40.0 Å². The predicted octanol–water partition coefficient (Wildman–Crippen LogP) is 3.34. The molecule has 1 amide bonds. The summed E-state index contributed by atoms with van der Waals surface area (Å²) in [5.41, 5.74) is -0.0373. The molecule has 3 heterocycles. The Hall–Kier alpha value is -1.71. The van der Waals surface area contributed by atoms with Gasteiger partial charge < -0.3 is 14.0 Å². The zero-order valence-corrected chi connectivity index (χ0v) is 17.0. The standard InChI is InChI=1S/C17H24BN3O4S/c1-15(2,3)23-14(22)21-13-19-10-8-9-11(20-12(10)26-13)18-24-16(4,5)17(6,7)25-18/h8-9H,1-7H3,(H,19,21,22). The van der Waals surface area contributed by atoms with Crippen molar-refractivity contribution in [1.29, 1.82) is 0 Å². The molecule has 1 N–H and O–H groups in total. The van der Waals surface area contributed by atoms with Crippen LogP contribution in [-0.2, 0) is 14.0 Å². The highest BCUT2D eigenvalue weighted by atomic mass is 32.1. The fourth-order valence-corrected chi connectivity index (χ4v) is 3.20. The maximum absolute atomic E-state index is 11.9. The molecule has 0 atom stereocenters. The van der Waals surface area contributed by atoms with Crippen LogP contribution >= 0.6 is 11.3 Å². The number of aromatic nitrogens is 2. The average Bonchev–Trinajstić information content (AvgIpc) is 2.93. The first-order chi connectivity index (χ1) is 11.9. The van der Waals surface area contributed by atoms with E-state index in [0.29, 0.717) is 21.1 Å². The third kappa shape index (κ3) is 3.84. The smallest absolute Gasteiger partial charge is 0.444 e. The summed E-state index contributed by atoms with van der Waals surface area (Å²) in [5.74, 6) is 0. The van der Waals surface area contributed by atoms with Gasteiger partial charge in [-0.25, -0.2) is 14.8 Å². The molecule has 1 saturated heterocycles. The van der Waals surface area contributed by atoms with Gasteiger partial charge in [-0.1, -0.05) is 11.3 Å². The number of carbonyl (C=O) groups excluding carboxylic acids is 1. The van der Waals surface area contributed by atoms with Crippen molar-refractivity contribution in [2.24, 2.45) is 0 Å². The van der Waals surface area contributed by atoms with E-state index in [4.69, 9.17) is 14.0 Å². The lowest BCUT2D eigenvalue weighted by molar-refractivity contribution is 0.00578. The van der Waals surface area contributed by atoms with Gasteiger partial charge in [-0.2, -0.15) is 0 Å². The molecule has 0 unspecified atom stereocenters. The van der Waals surface area contributed by atoms with E-state index in [1.54, 1.807) is 0 Å². The number of ether oxygens (including phenoxy) is 1. The lowest BCUT2D eigenvalue weighted by atomic mass is 9.84. The first kappa shape index (κ1) is 19.1. The molecule has 26 heavy (non-hydrogen) atoms. The largest absolute Gasteiger partial charge is 0.514 e. The van der Waals surface area contributed by atoms with Crippen molar-refractivity contribution in [2.45, 2.75) is 65.3 Å². The molecular weight excluding hydrogens is 353 g/mol. The van der Waals surface area contributed by atoms with E-state index in [2.05, 4.69) is 15.3 Å². The molecule has 7 nitrogen and oxygen atoms in total. The summed E-state index contributed by atoms with van der Waals surface area (Å²) in [6, 6.07) is 3.68. The third-order valence-corrected chi connectivity index (χ3v) is 5.26. The lowest BCUT2D eigenvalue weighted by Crippen LogP contribution is -2.41. The molecule has 1 aliphatic rings. The number of thiazole rings is 1. The quantitative estimate of drug-likeness (QED) is 0.809. The number of pyridine rings is 1. The molecule has 0 spiro atoms. The van der Waals surface area contributed by atoms with Crippen molar-refractivity contribution >= 4 is 45.6 Å². The van der Waals surface area contributed by atoms with Gasteiger partial charge >= 0.3 is 13.2 Å². The normalized spacial score (nSPS) is 19.0. The van der Waals surface area contributed by atoms with Crippen molar-refractivity contribution in [3.63, 3.8) is 0 Å². The molecule has 0 aliphatic carbocycles. The predicted molar refractivity (Wildman–Crippen MR) is 103 cm³/mol. The van der Waals surface area contributed by atoms with Crippen molar-refractivity contribution < 1.29 is 18.8 Å². The average molecular weight is 377 g/mol. The van der Waals surface area contributed by atoms with E-state index in [1.165, 1.54) is 11.3 Å². The van der Waals surface area contributed by atoms with Crippen LogP contribution in [0.2, 0.25) is 0 Å². The minimum absolute atomic E-state index is 0.425. The minimum atomic E-state index is -0.567. The van der Waals surface area contributed by atoms with Crippen LogP contribution in [0.15, 0.2) is 12.1 Å². The van der Waals surface area contributed by atoms with Crippen LogP contribution < -0.4 is 10.9 Å². The Morgan fingerprint density at radius 2 is 1.77 bits per heavy atom. The number of nitrogens with one attached hydrogen (secondary N) is 1. The maximum Gasteiger partial charge on any atom is 0.514 e. The number of hydrogen-bond acceptors (Lipinski definition) is 7. The van der Waals surface area contributed by atoms with Crippen LogP contribution in [0.1, 0.15) is 48.5 Å². The van der Waals surface area contributed by atoms with Gasteiger partial charge in [-0.15, -0.1) is 0 Å². The molecule has 2 aromatic rings. The summed E-state index contributed by atoms with van der Waals surface area (Å²) >= 11 is 1.28. The zero-order chi connectivity index (χ0) is 19.3. The van der Waals surface area contributed by atoms with Gasteiger partial charge in [0.2, 0.25) is 0 Å². The second-order valence-electron chi connectivity index (χ2n) is 8.29. The molecule has 0 radical (unpaired) electrons. The summed E-state index contributed by atoms with van der Waals surface area (Å²) in [7, 11) is -0.534. The van der Waals surface area contributed by atoms with E-state index < -0.39 is 30.0 Å². The summed E-state index contributed by atoms with van der Waals surface area (Å²) in [5, 5.41) is 3.08. The fraction of sp³-hybridized carbons (Fsp3) is 0.588. The van der Waals surface area contributed by atoms with E-state index in [1.807, 2.05) is 60.6 Å². The van der Waals surface area contributed by atoms with E-state index in [-0.39, 0.29) is 0 Å². The van der Waals surface area contributed by atoms with Crippen molar-refractivity contribution in [3.05, 3.63) is 12.1 Å². The summed E-state index contributed by atoms with van der Waals surface area (Å²) < 4.78 is 17.3. The lowest BCUT2D eigenvalue weighted by Gasteiger charge is -2.32. The monoisotopic (exact) mass is 377 g/mol. The number of nitrogens with zero attached hydrogens (tertiary/aromatic N) is 2. The van der Waals surface area contributed by atoms with Gasteiger partial charge in [0.15, 0.2) is 5.13 Å². The molecule has 1 aliphatic heterocycles. The van der Waals surface area contributed by atoms with Crippen molar-refractivity contribution in [3.8, 4) is 0 Å². The van der Waals surface area contributed by atoms with Crippen LogP contribution in [0, 0.1) is 0 Å². The summed E-state index contributed by atoms with van der Waals surface area (Å²) in [4.78, 5) is 21.6. The highest BCUT2D eigenvalue weighted by molar-refractivity contribution is 7.22. The Kier molecular flexibility index (Phi) is 4.53. The summed E-state index contributed by atoms with van der Waals surface area (Å²) in [6.07, 6.45) is -0.539. The van der Waals surface area contributed by atoms with E-state index in [9.17, 15) is 4.79 Å². The summed E-state index contributed by atoms with van der Waals surface area (Å²) in [6.45, 7) is 13.4. The second kappa shape index (κ2) is 6.18. The van der Waals surface area contributed by atoms with Gasteiger partial charge in [-0.3, -0.25) is 5.32 Å². The number of amides is 1. The van der Waals surface area contributed by atoms with Crippen molar-refractivity contribution in [1.82, 2.24) is 9.97 Å². The van der Waals surface area contributed by atoms with Gasteiger partial charge in [0.25, 0.3) is 0 Å². The van der Waals surface area contributed by atoms with Crippen LogP contribution in [0.4, 0.5) is 9.93 Å². The van der Waals surface area contributed by atoms with Gasteiger partial charge in [-0.05, 0) is 60.6 Å². The third-order valence-electron chi connectivity index (χ3n) is 4.38. The van der Waals surface area contributed by atoms with Crippen molar-refractivity contribution in [2.75, 3.05) is 5.32 Å². The highest BCUT2D eigenvalue weighted by Crippen LogP contribution is 2.36. The van der Waals surface area contributed by atoms with Crippen LogP contribution in [0.25, 0.3) is 10.3 Å². The Labute approximate surface area is 157 Å². The molecule has 0 bridgehead atoms. The Morgan fingerprint density at radius 3 is 2.35 bits per heavy atom. The zero-order valence-electron chi connectivity index (χ0n) is 16.2. The number of anilines is 1. The molecule has 3 rings (SSSR count). The van der Waals surface area contributed by atoms with Gasteiger partial charge in [0, 0.05) is 0 Å².